The molecule has 0 amide bonds. The van der Waals surface area contributed by atoms with Gasteiger partial charge in [0.1, 0.15) is 12.6 Å². The number of alkyl halides is 3. The van der Waals surface area contributed by atoms with Gasteiger partial charge in [0.15, 0.2) is 6.67 Å². The molecule has 0 radical (unpaired) electrons. The highest BCUT2D eigenvalue weighted by Gasteiger charge is 2.32. The lowest BCUT2D eigenvalue weighted by Gasteiger charge is -2.13. The molecule has 3 aromatic rings. The molecule has 154 valence electrons. The quantitative estimate of drug-likeness (QED) is 0.490. The molecule has 0 N–H and O–H groups in total. The predicted octanol–water partition coefficient (Wildman–Crippen LogP) is 5.86. The van der Waals surface area contributed by atoms with E-state index < -0.39 is 12.8 Å². The molecule has 4 nitrogen and oxygen atoms in total. The fourth-order valence-electron chi connectivity index (χ4n) is 3.02. The van der Waals surface area contributed by atoms with E-state index in [0.717, 1.165) is 16.7 Å². The Kier molecular flexibility index (Phi) is 5.63. The van der Waals surface area contributed by atoms with Gasteiger partial charge in [0.2, 0.25) is 11.8 Å². The van der Waals surface area contributed by atoms with Crippen LogP contribution in [0.5, 0.6) is 5.88 Å². The highest BCUT2D eigenvalue weighted by molar-refractivity contribution is 6.33. The van der Waals surface area contributed by atoms with Gasteiger partial charge in [-0.25, -0.2) is 14.4 Å². The molecule has 1 aliphatic heterocycles. The zero-order valence-corrected chi connectivity index (χ0v) is 16.3. The summed E-state index contributed by atoms with van der Waals surface area (Å²) in [5, 5.41) is 0.580. The van der Waals surface area contributed by atoms with E-state index in [9.17, 15) is 13.2 Å². The lowest BCUT2D eigenvalue weighted by atomic mass is 10.0. The molecular weight excluding hydrogens is 417 g/mol. The summed E-state index contributed by atoms with van der Waals surface area (Å²) in [4.78, 5) is 8.44. The molecule has 1 unspecified atom stereocenters. The first-order chi connectivity index (χ1) is 14.4. The molecule has 0 bridgehead atoms. The van der Waals surface area contributed by atoms with Crippen molar-refractivity contribution in [3.8, 4) is 17.0 Å². The summed E-state index contributed by atoms with van der Waals surface area (Å²) in [6, 6.07) is 17.7. The van der Waals surface area contributed by atoms with Crippen molar-refractivity contribution in [1.82, 2.24) is 4.98 Å². The lowest BCUT2D eigenvalue weighted by Crippen LogP contribution is -2.27. The van der Waals surface area contributed by atoms with E-state index in [1.54, 1.807) is 12.1 Å². The van der Waals surface area contributed by atoms with Gasteiger partial charge in [0.05, 0.1) is 10.6 Å². The molecule has 1 aromatic heterocycles. The van der Waals surface area contributed by atoms with Gasteiger partial charge in [0, 0.05) is 17.8 Å². The zero-order chi connectivity index (χ0) is 21.1. The maximum Gasteiger partial charge on any atom is 0.428 e. The van der Waals surface area contributed by atoms with Gasteiger partial charge in [-0.05, 0) is 29.3 Å². The second-order valence-electron chi connectivity index (χ2n) is 6.62. The SMILES string of the molecule is FCC(F)(F)Oc1ccc(-c2ccc(C3COC(c4ccccc4Cl)=N3)cc2)cn1. The zero-order valence-electron chi connectivity index (χ0n) is 15.6. The summed E-state index contributed by atoms with van der Waals surface area (Å²) >= 11 is 6.21. The summed E-state index contributed by atoms with van der Waals surface area (Å²) in [5.74, 6) is 0.169. The fourth-order valence-corrected chi connectivity index (χ4v) is 3.23. The maximum absolute atomic E-state index is 12.9. The van der Waals surface area contributed by atoms with Crippen LogP contribution in [0.4, 0.5) is 13.2 Å². The van der Waals surface area contributed by atoms with Crippen molar-refractivity contribution >= 4 is 17.5 Å². The molecular formula is C22H16ClF3N2O2. The average molecular weight is 433 g/mol. The van der Waals surface area contributed by atoms with Gasteiger partial charge in [-0.1, -0.05) is 48.0 Å². The summed E-state index contributed by atoms with van der Waals surface area (Å²) in [6.45, 7) is -1.50. The first kappa shape index (κ1) is 20.2. The summed E-state index contributed by atoms with van der Waals surface area (Å²) in [7, 11) is 0. The Morgan fingerprint density at radius 1 is 1.03 bits per heavy atom. The number of hydrogen-bond acceptors (Lipinski definition) is 4. The maximum atomic E-state index is 12.9. The third kappa shape index (κ3) is 4.41. The molecule has 4 rings (SSSR count). The van der Waals surface area contributed by atoms with E-state index in [0.29, 0.717) is 23.1 Å². The number of nitrogens with zero attached hydrogens (tertiary/aromatic N) is 2. The van der Waals surface area contributed by atoms with Crippen molar-refractivity contribution < 1.29 is 22.6 Å². The topological polar surface area (TPSA) is 43.7 Å². The first-order valence-electron chi connectivity index (χ1n) is 9.10. The number of pyridine rings is 1. The van der Waals surface area contributed by atoms with Crippen molar-refractivity contribution in [1.29, 1.82) is 0 Å². The molecule has 0 saturated carbocycles. The second kappa shape index (κ2) is 8.36. The lowest BCUT2D eigenvalue weighted by molar-refractivity contribution is -0.188. The van der Waals surface area contributed by atoms with Crippen LogP contribution in [0.1, 0.15) is 17.2 Å². The van der Waals surface area contributed by atoms with Crippen LogP contribution < -0.4 is 4.74 Å². The third-order valence-corrected chi connectivity index (χ3v) is 4.86. The molecule has 8 heteroatoms. The van der Waals surface area contributed by atoms with E-state index in [1.807, 2.05) is 42.5 Å². The van der Waals surface area contributed by atoms with Crippen LogP contribution in [0.3, 0.4) is 0 Å². The highest BCUT2D eigenvalue weighted by atomic mass is 35.5. The predicted molar refractivity (Wildman–Crippen MR) is 108 cm³/mol. The molecule has 30 heavy (non-hydrogen) atoms. The summed E-state index contributed by atoms with van der Waals surface area (Å²) < 4.78 is 48.0. The van der Waals surface area contributed by atoms with Gasteiger partial charge in [0.25, 0.3) is 0 Å². The van der Waals surface area contributed by atoms with E-state index >= 15 is 0 Å². The number of halogens is 4. The minimum Gasteiger partial charge on any atom is -0.475 e. The van der Waals surface area contributed by atoms with Gasteiger partial charge < -0.3 is 9.47 Å². The third-order valence-electron chi connectivity index (χ3n) is 4.53. The van der Waals surface area contributed by atoms with Crippen molar-refractivity contribution in [3.63, 3.8) is 0 Å². The Bertz CT molecular complexity index is 1060. The minimum absolute atomic E-state index is 0.151. The molecule has 1 aliphatic rings. The number of aromatic nitrogens is 1. The van der Waals surface area contributed by atoms with Crippen LogP contribution in [0, 0.1) is 0 Å². The Labute approximate surface area is 176 Å². The molecule has 2 aromatic carbocycles. The minimum atomic E-state index is -3.89. The summed E-state index contributed by atoms with van der Waals surface area (Å²) in [6.07, 6.45) is -2.49. The van der Waals surface area contributed by atoms with E-state index in [4.69, 9.17) is 16.3 Å². The van der Waals surface area contributed by atoms with Crippen LogP contribution in [-0.2, 0) is 4.74 Å². The summed E-state index contributed by atoms with van der Waals surface area (Å²) in [5.41, 5.74) is 3.27. The average Bonchev–Trinajstić information content (AvgIpc) is 3.24. The van der Waals surface area contributed by atoms with Crippen molar-refractivity contribution in [2.75, 3.05) is 13.3 Å². The fraction of sp³-hybridized carbons (Fsp3) is 0.182. The highest BCUT2D eigenvalue weighted by Crippen LogP contribution is 2.30. The number of aliphatic imine (C=N–C) groups is 1. The van der Waals surface area contributed by atoms with Crippen LogP contribution in [0.2, 0.25) is 5.02 Å². The molecule has 0 aliphatic carbocycles. The van der Waals surface area contributed by atoms with Crippen LogP contribution in [0.15, 0.2) is 71.9 Å². The first-order valence-corrected chi connectivity index (χ1v) is 9.48. The number of benzene rings is 2. The van der Waals surface area contributed by atoms with Crippen LogP contribution >= 0.6 is 11.6 Å². The monoisotopic (exact) mass is 432 g/mol. The van der Waals surface area contributed by atoms with E-state index in [1.165, 1.54) is 12.3 Å². The number of hydrogen-bond donors (Lipinski definition) is 0. The largest absolute Gasteiger partial charge is 0.475 e. The van der Waals surface area contributed by atoms with Gasteiger partial charge >= 0.3 is 6.11 Å². The van der Waals surface area contributed by atoms with Gasteiger partial charge in [-0.15, -0.1) is 0 Å². The Morgan fingerprint density at radius 2 is 1.77 bits per heavy atom. The van der Waals surface area contributed by atoms with E-state index in [-0.39, 0.29) is 11.9 Å². The van der Waals surface area contributed by atoms with Gasteiger partial charge in [-0.2, -0.15) is 8.78 Å². The number of rotatable bonds is 6. The number of ether oxygens (including phenoxy) is 2. The Balaban J connectivity index is 1.48. The Hall–Kier alpha value is -3.06. The molecule has 2 heterocycles. The smallest absolute Gasteiger partial charge is 0.428 e. The molecule has 0 spiro atoms. The van der Waals surface area contributed by atoms with Crippen LogP contribution in [-0.4, -0.2) is 30.3 Å². The molecule has 1 atom stereocenters. The van der Waals surface area contributed by atoms with Crippen molar-refractivity contribution in [2.45, 2.75) is 12.2 Å². The molecule has 0 fully saturated rings. The molecule has 0 saturated heterocycles. The standard InChI is InChI=1S/C22H16ClF3N2O2/c23-18-4-2-1-3-17(18)21-28-19(12-29-21)15-7-5-14(6-8-15)16-9-10-20(27-11-16)30-22(25,26)13-24/h1-11,19H,12-13H2. The van der Waals surface area contributed by atoms with E-state index in [2.05, 4.69) is 14.7 Å². The van der Waals surface area contributed by atoms with Crippen molar-refractivity contribution in [3.05, 3.63) is 83.0 Å². The van der Waals surface area contributed by atoms with Gasteiger partial charge in [-0.3, -0.25) is 0 Å². The van der Waals surface area contributed by atoms with Crippen molar-refractivity contribution in [2.24, 2.45) is 4.99 Å². The second-order valence-corrected chi connectivity index (χ2v) is 7.03. The van der Waals surface area contributed by atoms with Crippen LogP contribution in [0.25, 0.3) is 11.1 Å². The Morgan fingerprint density at radius 3 is 2.43 bits per heavy atom. The normalized spacial score (nSPS) is 16.1.